The Bertz CT molecular complexity index is 563. The van der Waals surface area contributed by atoms with Gasteiger partial charge in [-0.2, -0.15) is 5.26 Å². The SMILES string of the molecule is CCC(CNc1nc2c(cc1C#N)CCCC2)CC(=O)O. The van der Waals surface area contributed by atoms with E-state index in [4.69, 9.17) is 5.11 Å². The van der Waals surface area contributed by atoms with Gasteiger partial charge in [-0.15, -0.1) is 0 Å². The second kappa shape index (κ2) is 7.07. The van der Waals surface area contributed by atoms with E-state index < -0.39 is 5.97 Å². The van der Waals surface area contributed by atoms with E-state index in [-0.39, 0.29) is 12.3 Å². The Kier molecular flexibility index (Phi) is 5.15. The van der Waals surface area contributed by atoms with Gasteiger partial charge in [0.2, 0.25) is 0 Å². The van der Waals surface area contributed by atoms with Crippen LogP contribution < -0.4 is 5.32 Å². The van der Waals surface area contributed by atoms with Crippen molar-refractivity contribution in [1.82, 2.24) is 4.98 Å². The summed E-state index contributed by atoms with van der Waals surface area (Å²) in [5.74, 6) is -0.142. The number of aliphatic carboxylic acids is 1. The van der Waals surface area contributed by atoms with Crippen LogP contribution in [0.3, 0.4) is 0 Å². The molecule has 1 unspecified atom stereocenters. The smallest absolute Gasteiger partial charge is 0.303 e. The Morgan fingerprint density at radius 3 is 2.95 bits per heavy atom. The molecule has 1 atom stereocenters. The second-order valence-corrected chi connectivity index (χ2v) is 5.56. The first-order valence-corrected chi connectivity index (χ1v) is 7.52. The first kappa shape index (κ1) is 15.3. The van der Waals surface area contributed by atoms with Gasteiger partial charge in [-0.1, -0.05) is 13.3 Å². The zero-order valence-electron chi connectivity index (χ0n) is 12.4. The van der Waals surface area contributed by atoms with Crippen molar-refractivity contribution in [1.29, 1.82) is 5.26 Å². The van der Waals surface area contributed by atoms with Crippen LogP contribution >= 0.6 is 0 Å². The van der Waals surface area contributed by atoms with Gasteiger partial charge in [-0.25, -0.2) is 4.98 Å². The fourth-order valence-electron chi connectivity index (χ4n) is 2.70. The Balaban J connectivity index is 2.12. The maximum Gasteiger partial charge on any atom is 0.303 e. The lowest BCUT2D eigenvalue weighted by molar-refractivity contribution is -0.138. The molecule has 0 aliphatic heterocycles. The Labute approximate surface area is 125 Å². The fraction of sp³-hybridized carbons (Fsp3) is 0.562. The molecule has 0 fully saturated rings. The predicted octanol–water partition coefficient (Wildman–Crippen LogP) is 2.74. The highest BCUT2D eigenvalue weighted by Gasteiger charge is 2.16. The van der Waals surface area contributed by atoms with Crippen molar-refractivity contribution >= 4 is 11.8 Å². The molecule has 0 amide bonds. The Hall–Kier alpha value is -2.09. The number of carboxylic acid groups (broad SMARTS) is 1. The zero-order chi connectivity index (χ0) is 15.2. The molecule has 1 heterocycles. The van der Waals surface area contributed by atoms with Crippen LogP contribution in [0.5, 0.6) is 0 Å². The van der Waals surface area contributed by atoms with E-state index in [0.717, 1.165) is 37.8 Å². The lowest BCUT2D eigenvalue weighted by Gasteiger charge is -2.19. The maximum absolute atomic E-state index is 10.8. The van der Waals surface area contributed by atoms with E-state index in [1.807, 2.05) is 13.0 Å². The molecule has 2 rings (SSSR count). The first-order valence-electron chi connectivity index (χ1n) is 7.52. The largest absolute Gasteiger partial charge is 0.481 e. The van der Waals surface area contributed by atoms with Crippen LogP contribution in [0, 0.1) is 17.2 Å². The van der Waals surface area contributed by atoms with E-state index in [2.05, 4.69) is 16.4 Å². The molecule has 1 aromatic rings. The number of nitrogens with zero attached hydrogens (tertiary/aromatic N) is 2. The number of pyridine rings is 1. The van der Waals surface area contributed by atoms with Gasteiger partial charge in [-0.3, -0.25) is 4.79 Å². The number of aryl methyl sites for hydroxylation is 2. The minimum Gasteiger partial charge on any atom is -0.481 e. The average Bonchev–Trinajstić information content (AvgIpc) is 2.50. The molecule has 1 aromatic heterocycles. The van der Waals surface area contributed by atoms with E-state index in [1.54, 1.807) is 0 Å². The Morgan fingerprint density at radius 2 is 2.29 bits per heavy atom. The van der Waals surface area contributed by atoms with Crippen LogP contribution in [0.2, 0.25) is 0 Å². The highest BCUT2D eigenvalue weighted by molar-refractivity contribution is 5.67. The number of hydrogen-bond donors (Lipinski definition) is 2. The van der Waals surface area contributed by atoms with Gasteiger partial charge < -0.3 is 10.4 Å². The maximum atomic E-state index is 10.8. The summed E-state index contributed by atoms with van der Waals surface area (Å²) in [4.78, 5) is 15.4. The van der Waals surface area contributed by atoms with Crippen molar-refractivity contribution in [3.63, 3.8) is 0 Å². The molecule has 0 bridgehead atoms. The summed E-state index contributed by atoms with van der Waals surface area (Å²) in [5.41, 5.74) is 2.82. The van der Waals surface area contributed by atoms with Crippen LogP contribution in [0.25, 0.3) is 0 Å². The van der Waals surface area contributed by atoms with Gasteiger partial charge in [0, 0.05) is 18.7 Å². The Morgan fingerprint density at radius 1 is 1.52 bits per heavy atom. The molecular weight excluding hydrogens is 266 g/mol. The predicted molar refractivity (Wildman–Crippen MR) is 80.1 cm³/mol. The van der Waals surface area contributed by atoms with Gasteiger partial charge in [-0.05, 0) is 43.2 Å². The summed E-state index contributed by atoms with van der Waals surface area (Å²) >= 11 is 0. The monoisotopic (exact) mass is 287 g/mol. The summed E-state index contributed by atoms with van der Waals surface area (Å²) in [7, 11) is 0. The standard InChI is InChI=1S/C16H21N3O2/c1-2-11(7-15(20)21)10-18-16-13(9-17)8-12-5-3-4-6-14(12)19-16/h8,11H,2-7,10H2,1H3,(H,18,19)(H,20,21). The van der Waals surface area contributed by atoms with E-state index in [1.165, 1.54) is 5.56 Å². The zero-order valence-corrected chi connectivity index (χ0v) is 12.4. The molecule has 0 saturated carbocycles. The van der Waals surface area contributed by atoms with Gasteiger partial charge in [0.05, 0.1) is 5.56 Å². The molecule has 0 aromatic carbocycles. The second-order valence-electron chi connectivity index (χ2n) is 5.56. The lowest BCUT2D eigenvalue weighted by atomic mass is 9.95. The molecule has 1 aliphatic carbocycles. The minimum absolute atomic E-state index is 0.0480. The van der Waals surface area contributed by atoms with Crippen molar-refractivity contribution in [2.75, 3.05) is 11.9 Å². The van der Waals surface area contributed by atoms with Crippen LogP contribution in [0.4, 0.5) is 5.82 Å². The number of anilines is 1. The molecule has 5 heteroatoms. The lowest BCUT2D eigenvalue weighted by Crippen LogP contribution is -2.19. The summed E-state index contributed by atoms with van der Waals surface area (Å²) < 4.78 is 0. The van der Waals surface area contributed by atoms with Gasteiger partial charge >= 0.3 is 5.97 Å². The van der Waals surface area contributed by atoms with Crippen molar-refractivity contribution in [3.05, 3.63) is 22.9 Å². The third-order valence-electron chi connectivity index (χ3n) is 4.02. The van der Waals surface area contributed by atoms with Crippen LogP contribution in [-0.4, -0.2) is 22.6 Å². The summed E-state index contributed by atoms with van der Waals surface area (Å²) in [5, 5.41) is 21.3. The molecule has 21 heavy (non-hydrogen) atoms. The van der Waals surface area contributed by atoms with Crippen molar-refractivity contribution < 1.29 is 9.90 Å². The number of hydrogen-bond acceptors (Lipinski definition) is 4. The van der Waals surface area contributed by atoms with Crippen LogP contribution in [0.15, 0.2) is 6.07 Å². The topological polar surface area (TPSA) is 86.0 Å². The minimum atomic E-state index is -0.789. The van der Waals surface area contributed by atoms with Crippen LogP contribution in [-0.2, 0) is 17.6 Å². The number of aromatic nitrogens is 1. The molecule has 2 N–H and O–H groups in total. The normalized spacial score (nSPS) is 14.9. The van der Waals surface area contributed by atoms with E-state index in [9.17, 15) is 10.1 Å². The van der Waals surface area contributed by atoms with Crippen molar-refractivity contribution in [2.45, 2.75) is 45.4 Å². The number of carbonyl (C=O) groups is 1. The molecule has 0 saturated heterocycles. The number of carboxylic acids is 1. The number of fused-ring (bicyclic) bond motifs is 1. The summed E-state index contributed by atoms with van der Waals surface area (Å²) in [6, 6.07) is 4.12. The number of nitriles is 1. The van der Waals surface area contributed by atoms with Crippen molar-refractivity contribution in [3.8, 4) is 6.07 Å². The molecule has 5 nitrogen and oxygen atoms in total. The van der Waals surface area contributed by atoms with Crippen molar-refractivity contribution in [2.24, 2.45) is 5.92 Å². The molecule has 0 radical (unpaired) electrons. The summed E-state index contributed by atoms with van der Waals surface area (Å²) in [6.07, 6.45) is 5.17. The molecular formula is C16H21N3O2. The van der Waals surface area contributed by atoms with Crippen LogP contribution in [0.1, 0.15) is 49.4 Å². The number of rotatable bonds is 6. The third kappa shape index (κ3) is 3.94. The number of nitrogens with one attached hydrogen (secondary N) is 1. The van der Waals surface area contributed by atoms with Gasteiger partial charge in [0.25, 0.3) is 0 Å². The first-order chi connectivity index (χ1) is 10.1. The molecule has 1 aliphatic rings. The van der Waals surface area contributed by atoms with Gasteiger partial charge in [0.1, 0.15) is 11.9 Å². The quantitative estimate of drug-likeness (QED) is 0.840. The highest BCUT2D eigenvalue weighted by atomic mass is 16.4. The molecule has 0 spiro atoms. The van der Waals surface area contributed by atoms with E-state index in [0.29, 0.717) is 17.9 Å². The highest BCUT2D eigenvalue weighted by Crippen LogP contribution is 2.24. The summed E-state index contributed by atoms with van der Waals surface area (Å²) in [6.45, 7) is 2.50. The average molecular weight is 287 g/mol. The fourth-order valence-corrected chi connectivity index (χ4v) is 2.70. The third-order valence-corrected chi connectivity index (χ3v) is 4.02. The molecule has 112 valence electrons. The van der Waals surface area contributed by atoms with E-state index >= 15 is 0 Å². The van der Waals surface area contributed by atoms with Gasteiger partial charge in [0.15, 0.2) is 0 Å².